The Bertz CT molecular complexity index is 986. The number of hydrogen-bond acceptors (Lipinski definition) is 2. The summed E-state index contributed by atoms with van der Waals surface area (Å²) in [6, 6.07) is 26.2. The Kier molecular flexibility index (Phi) is 4.00. The van der Waals surface area contributed by atoms with Crippen molar-refractivity contribution in [2.45, 2.75) is 13.0 Å². The molecule has 4 rings (SSSR count). The van der Waals surface area contributed by atoms with Crippen LogP contribution in [0.3, 0.4) is 0 Å². The Morgan fingerprint density at radius 3 is 2.16 bits per heavy atom. The summed E-state index contributed by atoms with van der Waals surface area (Å²) in [6.07, 6.45) is 2.13. The summed E-state index contributed by atoms with van der Waals surface area (Å²) in [5.41, 5.74) is 9.55. The number of hydrogen-bond donors (Lipinski definition) is 1. The minimum absolute atomic E-state index is 0.00756. The van der Waals surface area contributed by atoms with Crippen LogP contribution in [0.1, 0.15) is 18.5 Å². The largest absolute Gasteiger partial charge is 0.457 e. The minimum atomic E-state index is -0.00756. The lowest BCUT2D eigenvalue weighted by molar-refractivity contribution is 0.482. The zero-order valence-electron chi connectivity index (χ0n) is 14.1. The molecule has 0 saturated carbocycles. The molecule has 3 nitrogen and oxygen atoms in total. The summed E-state index contributed by atoms with van der Waals surface area (Å²) in [5, 5.41) is 1.20. The molecule has 25 heavy (non-hydrogen) atoms. The normalized spacial score (nSPS) is 12.2. The van der Waals surface area contributed by atoms with Gasteiger partial charge in [0.2, 0.25) is 0 Å². The van der Waals surface area contributed by atoms with E-state index in [1.807, 2.05) is 49.4 Å². The summed E-state index contributed by atoms with van der Waals surface area (Å²) in [7, 11) is 0. The van der Waals surface area contributed by atoms with Gasteiger partial charge in [-0.1, -0.05) is 36.4 Å². The maximum atomic E-state index is 6.15. The highest BCUT2D eigenvalue weighted by Gasteiger charge is 2.12. The molecule has 0 aliphatic heterocycles. The van der Waals surface area contributed by atoms with Crippen molar-refractivity contribution in [3.8, 4) is 17.2 Å². The molecule has 1 heterocycles. The van der Waals surface area contributed by atoms with Gasteiger partial charge >= 0.3 is 0 Å². The second-order valence-corrected chi connectivity index (χ2v) is 6.17. The van der Waals surface area contributed by atoms with Crippen LogP contribution in [0.5, 0.6) is 11.5 Å². The van der Waals surface area contributed by atoms with E-state index in [0.29, 0.717) is 0 Å². The van der Waals surface area contributed by atoms with Crippen LogP contribution in [0.25, 0.3) is 16.6 Å². The summed E-state index contributed by atoms with van der Waals surface area (Å²) in [5.74, 6) is 1.65. The number of aromatic nitrogens is 1. The lowest BCUT2D eigenvalue weighted by Crippen LogP contribution is -2.03. The molecule has 0 aliphatic carbocycles. The Morgan fingerprint density at radius 1 is 0.800 bits per heavy atom. The van der Waals surface area contributed by atoms with E-state index >= 15 is 0 Å². The molecule has 0 fully saturated rings. The van der Waals surface area contributed by atoms with Crippen LogP contribution in [0.15, 0.2) is 85.1 Å². The fraction of sp³-hybridized carbons (Fsp3) is 0.0909. The maximum Gasteiger partial charge on any atom is 0.127 e. The molecule has 0 bridgehead atoms. The number of benzene rings is 3. The van der Waals surface area contributed by atoms with Crippen LogP contribution in [0.4, 0.5) is 0 Å². The van der Waals surface area contributed by atoms with Crippen molar-refractivity contribution in [2.24, 2.45) is 5.73 Å². The number of fused-ring (bicyclic) bond motifs is 1. The van der Waals surface area contributed by atoms with E-state index in [-0.39, 0.29) is 6.04 Å². The standard InChI is InChI=1S/C22H20N2O/c1-16(23)21-15-24(22-10-6-5-9-20(21)22)17-11-13-19(14-12-17)25-18-7-3-2-4-8-18/h2-16H,23H2,1H3. The molecule has 0 spiro atoms. The summed E-state index contributed by atoms with van der Waals surface area (Å²) in [6.45, 7) is 2.02. The average molecular weight is 328 g/mol. The Balaban J connectivity index is 1.70. The smallest absolute Gasteiger partial charge is 0.127 e. The lowest BCUT2D eigenvalue weighted by Gasteiger charge is -2.08. The summed E-state index contributed by atoms with van der Waals surface area (Å²) >= 11 is 0. The molecule has 3 heteroatoms. The quantitative estimate of drug-likeness (QED) is 0.541. The fourth-order valence-electron chi connectivity index (χ4n) is 3.08. The van der Waals surface area contributed by atoms with Gasteiger partial charge in [-0.15, -0.1) is 0 Å². The summed E-state index contributed by atoms with van der Waals surface area (Å²) in [4.78, 5) is 0. The Morgan fingerprint density at radius 2 is 1.44 bits per heavy atom. The average Bonchev–Trinajstić information content (AvgIpc) is 3.03. The Hall–Kier alpha value is -3.04. The van der Waals surface area contributed by atoms with Gasteiger partial charge in [0, 0.05) is 23.3 Å². The van der Waals surface area contributed by atoms with Crippen LogP contribution >= 0.6 is 0 Å². The first-order valence-corrected chi connectivity index (χ1v) is 8.41. The molecule has 124 valence electrons. The van der Waals surface area contributed by atoms with Gasteiger partial charge in [0.05, 0.1) is 5.52 Å². The van der Waals surface area contributed by atoms with E-state index in [9.17, 15) is 0 Å². The van der Waals surface area contributed by atoms with Gasteiger partial charge in [0.25, 0.3) is 0 Å². The van der Waals surface area contributed by atoms with Crippen LogP contribution in [0.2, 0.25) is 0 Å². The predicted molar refractivity (Wildman–Crippen MR) is 102 cm³/mol. The number of rotatable bonds is 4. The van der Waals surface area contributed by atoms with Crippen molar-refractivity contribution in [1.82, 2.24) is 4.57 Å². The molecular weight excluding hydrogens is 308 g/mol. The van der Waals surface area contributed by atoms with E-state index < -0.39 is 0 Å². The minimum Gasteiger partial charge on any atom is -0.457 e. The highest BCUT2D eigenvalue weighted by atomic mass is 16.5. The molecule has 1 atom stereocenters. The molecule has 3 aromatic carbocycles. The van der Waals surface area contributed by atoms with Crippen molar-refractivity contribution in [2.75, 3.05) is 0 Å². The monoisotopic (exact) mass is 328 g/mol. The second-order valence-electron chi connectivity index (χ2n) is 6.17. The number of nitrogens with two attached hydrogens (primary N) is 1. The van der Waals surface area contributed by atoms with Crippen molar-refractivity contribution >= 4 is 10.9 Å². The van der Waals surface area contributed by atoms with Gasteiger partial charge in [0.15, 0.2) is 0 Å². The Labute approximate surface area is 147 Å². The van der Waals surface area contributed by atoms with E-state index in [1.165, 1.54) is 5.39 Å². The van der Waals surface area contributed by atoms with Crippen LogP contribution < -0.4 is 10.5 Å². The van der Waals surface area contributed by atoms with Crippen molar-refractivity contribution in [1.29, 1.82) is 0 Å². The highest BCUT2D eigenvalue weighted by Crippen LogP contribution is 2.29. The van der Waals surface area contributed by atoms with Crippen molar-refractivity contribution < 1.29 is 4.74 Å². The van der Waals surface area contributed by atoms with E-state index in [0.717, 1.165) is 28.3 Å². The zero-order chi connectivity index (χ0) is 17.2. The van der Waals surface area contributed by atoms with Gasteiger partial charge in [-0.3, -0.25) is 0 Å². The first kappa shape index (κ1) is 15.5. The highest BCUT2D eigenvalue weighted by molar-refractivity contribution is 5.86. The van der Waals surface area contributed by atoms with Crippen LogP contribution in [-0.4, -0.2) is 4.57 Å². The molecule has 1 aromatic heterocycles. The molecule has 0 aliphatic rings. The van der Waals surface area contributed by atoms with Gasteiger partial charge in [-0.05, 0) is 55.0 Å². The fourth-order valence-corrected chi connectivity index (χ4v) is 3.08. The van der Waals surface area contributed by atoms with Crippen molar-refractivity contribution in [3.05, 3.63) is 90.6 Å². The first-order chi connectivity index (χ1) is 12.2. The third-order valence-electron chi connectivity index (χ3n) is 4.33. The van der Waals surface area contributed by atoms with Crippen LogP contribution in [0, 0.1) is 0 Å². The van der Waals surface area contributed by atoms with Gasteiger partial charge in [0.1, 0.15) is 11.5 Å². The van der Waals surface area contributed by atoms with Crippen molar-refractivity contribution in [3.63, 3.8) is 0 Å². The molecule has 0 radical (unpaired) electrons. The molecule has 0 saturated heterocycles. The summed E-state index contributed by atoms with van der Waals surface area (Å²) < 4.78 is 8.05. The van der Waals surface area contributed by atoms with E-state index in [4.69, 9.17) is 10.5 Å². The molecule has 1 unspecified atom stereocenters. The maximum absolute atomic E-state index is 6.15. The topological polar surface area (TPSA) is 40.2 Å². The van der Waals surface area contributed by atoms with Gasteiger partial charge < -0.3 is 15.0 Å². The van der Waals surface area contributed by atoms with E-state index in [2.05, 4.69) is 47.2 Å². The van der Waals surface area contributed by atoms with Crippen LogP contribution in [-0.2, 0) is 0 Å². The molecule has 4 aromatic rings. The lowest BCUT2D eigenvalue weighted by atomic mass is 10.1. The number of para-hydroxylation sites is 2. The van der Waals surface area contributed by atoms with E-state index in [1.54, 1.807) is 0 Å². The predicted octanol–water partition coefficient (Wildman–Crippen LogP) is 5.44. The molecule has 2 N–H and O–H groups in total. The second kappa shape index (κ2) is 6.46. The number of ether oxygens (including phenoxy) is 1. The third kappa shape index (κ3) is 3.02. The SMILES string of the molecule is CC(N)c1cn(-c2ccc(Oc3ccccc3)cc2)c2ccccc12. The zero-order valence-corrected chi connectivity index (χ0v) is 14.1. The first-order valence-electron chi connectivity index (χ1n) is 8.41. The molecule has 0 amide bonds. The van der Waals surface area contributed by atoms with Gasteiger partial charge in [-0.2, -0.15) is 0 Å². The number of nitrogens with zero attached hydrogens (tertiary/aromatic N) is 1. The third-order valence-corrected chi connectivity index (χ3v) is 4.33. The molecular formula is C22H20N2O. The van der Waals surface area contributed by atoms with Gasteiger partial charge in [-0.25, -0.2) is 0 Å².